The number of hydrogen-bond donors (Lipinski definition) is 3. The van der Waals surface area contributed by atoms with Gasteiger partial charge in [-0.05, 0) is 19.8 Å². The van der Waals surface area contributed by atoms with Crippen molar-refractivity contribution in [1.29, 1.82) is 0 Å². The van der Waals surface area contributed by atoms with E-state index in [2.05, 4.69) is 20.5 Å². The number of rotatable bonds is 3. The van der Waals surface area contributed by atoms with Crippen molar-refractivity contribution in [1.82, 2.24) is 15.5 Å². The predicted octanol–water partition coefficient (Wildman–Crippen LogP) is 1.32. The lowest BCUT2D eigenvalue weighted by atomic mass is 10.2. The first kappa shape index (κ1) is 11.0. The lowest BCUT2D eigenvalue weighted by Crippen LogP contribution is -2.34. The summed E-state index contributed by atoms with van der Waals surface area (Å²) in [5.74, 6) is 0.542. The van der Waals surface area contributed by atoms with E-state index in [0.717, 1.165) is 5.56 Å². The first-order valence-electron chi connectivity index (χ1n) is 5.84. The molecule has 1 aromatic heterocycles. The summed E-state index contributed by atoms with van der Waals surface area (Å²) in [6, 6.07) is 0.563. The molecule has 5 heteroatoms. The van der Waals surface area contributed by atoms with Gasteiger partial charge in [0.15, 0.2) is 5.96 Å². The van der Waals surface area contributed by atoms with Gasteiger partial charge in [-0.15, -0.1) is 0 Å². The van der Waals surface area contributed by atoms with E-state index in [1.54, 1.807) is 6.20 Å². The first-order chi connectivity index (χ1) is 7.75. The molecule has 1 heterocycles. The number of guanidine groups is 1. The van der Waals surface area contributed by atoms with E-state index >= 15 is 0 Å². The molecule has 1 aliphatic carbocycles. The molecule has 4 N–H and O–H groups in total. The van der Waals surface area contributed by atoms with Crippen LogP contribution in [0.5, 0.6) is 0 Å². The second-order valence-corrected chi connectivity index (χ2v) is 4.35. The molecule has 16 heavy (non-hydrogen) atoms. The van der Waals surface area contributed by atoms with Crippen LogP contribution in [-0.2, 0) is 0 Å². The van der Waals surface area contributed by atoms with E-state index in [4.69, 9.17) is 5.73 Å². The minimum Gasteiger partial charge on any atom is -0.370 e. The third-order valence-electron chi connectivity index (χ3n) is 3.03. The van der Waals surface area contributed by atoms with Crippen LogP contribution < -0.4 is 11.1 Å². The van der Waals surface area contributed by atoms with Gasteiger partial charge in [0.25, 0.3) is 0 Å². The molecule has 0 spiro atoms. The van der Waals surface area contributed by atoms with Gasteiger partial charge in [-0.2, -0.15) is 5.10 Å². The quantitative estimate of drug-likeness (QED) is 0.532. The Morgan fingerprint density at radius 3 is 3.00 bits per heavy atom. The van der Waals surface area contributed by atoms with Crippen molar-refractivity contribution in [2.75, 3.05) is 0 Å². The molecule has 5 nitrogen and oxygen atoms in total. The summed E-state index contributed by atoms with van der Waals surface area (Å²) in [6.45, 7) is 2.04. The van der Waals surface area contributed by atoms with Crippen LogP contribution in [0.3, 0.4) is 0 Å². The second kappa shape index (κ2) is 5.01. The zero-order chi connectivity index (χ0) is 11.4. The summed E-state index contributed by atoms with van der Waals surface area (Å²) in [7, 11) is 0. The van der Waals surface area contributed by atoms with E-state index in [1.165, 1.54) is 25.7 Å². The van der Waals surface area contributed by atoms with Crippen molar-refractivity contribution >= 4 is 5.96 Å². The van der Waals surface area contributed by atoms with Gasteiger partial charge < -0.3 is 11.1 Å². The number of nitrogens with zero attached hydrogens (tertiary/aromatic N) is 2. The normalized spacial score (nSPS) is 19.9. The Hall–Kier alpha value is -1.52. The fraction of sp³-hybridized carbons (Fsp3) is 0.636. The van der Waals surface area contributed by atoms with Crippen LogP contribution in [-0.4, -0.2) is 22.2 Å². The highest BCUT2D eigenvalue weighted by atomic mass is 15.1. The smallest absolute Gasteiger partial charge is 0.189 e. The van der Waals surface area contributed by atoms with E-state index < -0.39 is 0 Å². The monoisotopic (exact) mass is 221 g/mol. The Morgan fingerprint density at radius 2 is 2.38 bits per heavy atom. The third kappa shape index (κ3) is 2.74. The Bertz CT molecular complexity index is 337. The highest BCUT2D eigenvalue weighted by Crippen LogP contribution is 2.20. The van der Waals surface area contributed by atoms with Gasteiger partial charge in [-0.25, -0.2) is 0 Å². The molecule has 1 atom stereocenters. The lowest BCUT2D eigenvalue weighted by Gasteiger charge is -2.13. The Morgan fingerprint density at radius 1 is 1.62 bits per heavy atom. The molecule has 88 valence electrons. The molecule has 0 amide bonds. The molecular weight excluding hydrogens is 202 g/mol. The highest BCUT2D eigenvalue weighted by Gasteiger charge is 2.14. The third-order valence-corrected chi connectivity index (χ3v) is 3.03. The van der Waals surface area contributed by atoms with Gasteiger partial charge in [-0.3, -0.25) is 10.1 Å². The summed E-state index contributed by atoms with van der Waals surface area (Å²) in [6.07, 6.45) is 8.55. The Balaban J connectivity index is 1.88. The van der Waals surface area contributed by atoms with Crippen LogP contribution in [0.15, 0.2) is 17.4 Å². The number of nitrogens with one attached hydrogen (secondary N) is 2. The topological polar surface area (TPSA) is 79.1 Å². The number of aromatic nitrogens is 2. The van der Waals surface area contributed by atoms with Crippen LogP contribution >= 0.6 is 0 Å². The Kier molecular flexibility index (Phi) is 3.44. The predicted molar refractivity (Wildman–Crippen MR) is 64.0 cm³/mol. The van der Waals surface area contributed by atoms with Crippen molar-refractivity contribution in [2.45, 2.75) is 44.7 Å². The summed E-state index contributed by atoms with van der Waals surface area (Å²) >= 11 is 0. The standard InChI is InChI=1S/C11H19N5/c1-8(9-6-13-14-7-9)15-11(12)16-10-4-2-3-5-10/h6-8,10H,2-5H2,1H3,(H,13,14)(H3,12,15,16). The fourth-order valence-electron chi connectivity index (χ4n) is 2.07. The van der Waals surface area contributed by atoms with Gasteiger partial charge in [0.1, 0.15) is 0 Å². The average molecular weight is 221 g/mol. The maximum Gasteiger partial charge on any atom is 0.189 e. The summed E-state index contributed by atoms with van der Waals surface area (Å²) < 4.78 is 0. The number of aromatic amines is 1. The molecule has 1 saturated carbocycles. The fourth-order valence-corrected chi connectivity index (χ4v) is 2.07. The maximum atomic E-state index is 5.87. The number of hydrogen-bond acceptors (Lipinski definition) is 2. The van der Waals surface area contributed by atoms with Gasteiger partial charge in [-0.1, -0.05) is 12.8 Å². The SMILES string of the molecule is CC(NC(N)=NC1CCCC1)c1cn[nH]c1. The molecule has 1 unspecified atom stereocenters. The molecule has 0 saturated heterocycles. The molecule has 0 bridgehead atoms. The molecule has 1 fully saturated rings. The minimum absolute atomic E-state index is 0.143. The summed E-state index contributed by atoms with van der Waals surface area (Å²) in [5.41, 5.74) is 6.96. The van der Waals surface area contributed by atoms with E-state index in [9.17, 15) is 0 Å². The van der Waals surface area contributed by atoms with Crippen LogP contribution in [0.25, 0.3) is 0 Å². The second-order valence-electron chi connectivity index (χ2n) is 4.35. The molecule has 1 aromatic rings. The first-order valence-corrected chi connectivity index (χ1v) is 5.84. The zero-order valence-electron chi connectivity index (χ0n) is 9.61. The largest absolute Gasteiger partial charge is 0.370 e. The molecule has 0 aliphatic heterocycles. The van der Waals surface area contributed by atoms with Crippen molar-refractivity contribution in [2.24, 2.45) is 10.7 Å². The molecular formula is C11H19N5. The number of H-pyrrole nitrogens is 1. The summed E-state index contributed by atoms with van der Waals surface area (Å²) in [5, 5.41) is 9.87. The zero-order valence-corrected chi connectivity index (χ0v) is 9.61. The maximum absolute atomic E-state index is 5.87. The van der Waals surface area contributed by atoms with E-state index in [1.807, 2.05) is 13.1 Å². The van der Waals surface area contributed by atoms with Crippen LogP contribution in [0, 0.1) is 0 Å². The van der Waals surface area contributed by atoms with Gasteiger partial charge in [0.05, 0.1) is 18.3 Å². The highest BCUT2D eigenvalue weighted by molar-refractivity contribution is 5.78. The van der Waals surface area contributed by atoms with Crippen molar-refractivity contribution in [3.63, 3.8) is 0 Å². The van der Waals surface area contributed by atoms with Crippen molar-refractivity contribution in [3.05, 3.63) is 18.0 Å². The van der Waals surface area contributed by atoms with Gasteiger partial charge >= 0.3 is 0 Å². The molecule has 2 rings (SSSR count). The van der Waals surface area contributed by atoms with Gasteiger partial charge in [0, 0.05) is 11.8 Å². The van der Waals surface area contributed by atoms with Gasteiger partial charge in [0.2, 0.25) is 0 Å². The van der Waals surface area contributed by atoms with Crippen LogP contribution in [0.1, 0.15) is 44.2 Å². The van der Waals surface area contributed by atoms with E-state index in [-0.39, 0.29) is 6.04 Å². The molecule has 0 radical (unpaired) electrons. The van der Waals surface area contributed by atoms with Crippen LogP contribution in [0.2, 0.25) is 0 Å². The van der Waals surface area contributed by atoms with Crippen LogP contribution in [0.4, 0.5) is 0 Å². The molecule has 1 aliphatic rings. The average Bonchev–Trinajstić information content (AvgIpc) is 2.88. The van der Waals surface area contributed by atoms with Crippen molar-refractivity contribution in [3.8, 4) is 0 Å². The Labute approximate surface area is 95.5 Å². The minimum atomic E-state index is 0.143. The van der Waals surface area contributed by atoms with E-state index in [0.29, 0.717) is 12.0 Å². The summed E-state index contributed by atoms with van der Waals surface area (Å²) in [4.78, 5) is 4.48. The number of aliphatic imine (C=N–C) groups is 1. The lowest BCUT2D eigenvalue weighted by molar-refractivity contribution is 0.669. The molecule has 0 aromatic carbocycles. The number of nitrogens with two attached hydrogens (primary N) is 1. The van der Waals surface area contributed by atoms with Crippen molar-refractivity contribution < 1.29 is 0 Å².